The van der Waals surface area contributed by atoms with Gasteiger partial charge in [-0.2, -0.15) is 0 Å². The molecule has 1 aromatic heterocycles. The predicted molar refractivity (Wildman–Crippen MR) is 32.5 cm³/mol. The summed E-state index contributed by atoms with van der Waals surface area (Å²) in [7, 11) is 0. The van der Waals surface area contributed by atoms with Crippen LogP contribution in [0.15, 0.2) is 12.1 Å². The van der Waals surface area contributed by atoms with Crippen LogP contribution in [0.5, 0.6) is 0 Å². The quantitative estimate of drug-likeness (QED) is 0.567. The van der Waals surface area contributed by atoms with Gasteiger partial charge in [0.05, 0.1) is 6.20 Å². The van der Waals surface area contributed by atoms with E-state index in [4.69, 9.17) is 17.3 Å². The molecule has 1 rings (SSSR count). The second-order valence-electron chi connectivity index (χ2n) is 1.34. The Morgan fingerprint density at radius 2 is 2.50 bits per heavy atom. The highest BCUT2D eigenvalue weighted by atomic mass is 35.5. The molecule has 3 heteroatoms. The Morgan fingerprint density at radius 1 is 1.75 bits per heavy atom. The molecule has 0 aromatic carbocycles. The number of anilines is 1. The Labute approximate surface area is 52.3 Å². The van der Waals surface area contributed by atoms with E-state index < -0.39 is 0 Å². The summed E-state index contributed by atoms with van der Waals surface area (Å²) in [4.78, 5) is 3.61. The lowest BCUT2D eigenvalue weighted by Crippen LogP contribution is -1.86. The minimum atomic E-state index is 0.400. The van der Waals surface area contributed by atoms with Crippen molar-refractivity contribution in [3.63, 3.8) is 0 Å². The number of hydrogen-bond donors (Lipinski definition) is 1. The first kappa shape index (κ1) is 5.38. The number of hydrogen-bond acceptors (Lipinski definition) is 2. The number of halogens is 1. The standard InChI is InChI=1S/C5H4ClN2/c6-4-1-2-8-5(7)3-4/h1,3H,(H2,7,8). The molecule has 0 saturated heterocycles. The van der Waals surface area contributed by atoms with E-state index in [0.29, 0.717) is 10.8 Å². The Morgan fingerprint density at radius 3 is 2.88 bits per heavy atom. The third-order valence-electron chi connectivity index (χ3n) is 0.682. The molecule has 1 heterocycles. The van der Waals surface area contributed by atoms with E-state index >= 15 is 0 Å². The van der Waals surface area contributed by atoms with Gasteiger partial charge in [-0.15, -0.1) is 0 Å². The molecular formula is C5H4ClN2. The molecule has 41 valence electrons. The molecule has 8 heavy (non-hydrogen) atoms. The van der Waals surface area contributed by atoms with Gasteiger partial charge >= 0.3 is 0 Å². The van der Waals surface area contributed by atoms with Crippen molar-refractivity contribution in [1.29, 1.82) is 0 Å². The van der Waals surface area contributed by atoms with Crippen molar-refractivity contribution in [3.05, 3.63) is 23.4 Å². The fraction of sp³-hybridized carbons (Fsp3) is 0. The largest absolute Gasteiger partial charge is 0.384 e. The highest BCUT2D eigenvalue weighted by Crippen LogP contribution is 2.07. The average molecular weight is 128 g/mol. The molecule has 0 saturated carbocycles. The zero-order valence-electron chi connectivity index (χ0n) is 4.06. The molecule has 2 nitrogen and oxygen atoms in total. The molecule has 0 unspecified atom stereocenters. The Bertz CT molecular complexity index is 170. The predicted octanol–water partition coefficient (Wildman–Crippen LogP) is 1.12. The van der Waals surface area contributed by atoms with Gasteiger partial charge in [-0.1, -0.05) is 11.6 Å². The number of nitrogens with zero attached hydrogens (tertiary/aromatic N) is 1. The van der Waals surface area contributed by atoms with Crippen molar-refractivity contribution in [1.82, 2.24) is 4.98 Å². The van der Waals surface area contributed by atoms with Gasteiger partial charge in [-0.25, -0.2) is 4.98 Å². The molecule has 0 amide bonds. The molecular weight excluding hydrogens is 124 g/mol. The lowest BCUT2D eigenvalue weighted by atomic mass is 10.5. The van der Waals surface area contributed by atoms with Crippen LogP contribution in [0.1, 0.15) is 0 Å². The van der Waals surface area contributed by atoms with Crippen LogP contribution in [0.2, 0.25) is 5.02 Å². The third-order valence-corrected chi connectivity index (χ3v) is 0.900. The summed E-state index contributed by atoms with van der Waals surface area (Å²) in [6.45, 7) is 0. The Hall–Kier alpha value is -0.760. The first-order valence-electron chi connectivity index (χ1n) is 2.08. The van der Waals surface area contributed by atoms with Crippen LogP contribution < -0.4 is 5.73 Å². The van der Waals surface area contributed by atoms with Crippen LogP contribution in [0.4, 0.5) is 5.82 Å². The highest BCUT2D eigenvalue weighted by molar-refractivity contribution is 6.30. The van der Waals surface area contributed by atoms with Gasteiger partial charge in [-0.3, -0.25) is 0 Å². The van der Waals surface area contributed by atoms with Crippen molar-refractivity contribution in [2.45, 2.75) is 0 Å². The Kier molecular flexibility index (Phi) is 1.35. The summed E-state index contributed by atoms with van der Waals surface area (Å²) in [5, 5.41) is 0.567. The van der Waals surface area contributed by atoms with Crippen LogP contribution in [-0.2, 0) is 0 Å². The summed E-state index contributed by atoms with van der Waals surface area (Å²) in [6, 6.07) is 3.12. The molecule has 0 aliphatic carbocycles. The number of rotatable bonds is 0. The molecule has 0 atom stereocenters. The van der Waals surface area contributed by atoms with Crippen LogP contribution in [0.25, 0.3) is 0 Å². The van der Waals surface area contributed by atoms with E-state index in [-0.39, 0.29) is 0 Å². The molecule has 0 aliphatic heterocycles. The van der Waals surface area contributed by atoms with Gasteiger partial charge in [0.15, 0.2) is 0 Å². The summed E-state index contributed by atoms with van der Waals surface area (Å²) in [5.74, 6) is 0.400. The first-order valence-corrected chi connectivity index (χ1v) is 2.46. The molecule has 0 aliphatic rings. The maximum Gasteiger partial charge on any atom is 0.125 e. The van der Waals surface area contributed by atoms with Crippen molar-refractivity contribution >= 4 is 17.4 Å². The second kappa shape index (κ2) is 2.01. The topological polar surface area (TPSA) is 38.9 Å². The first-order chi connectivity index (χ1) is 3.79. The fourth-order valence-corrected chi connectivity index (χ4v) is 0.544. The summed E-state index contributed by atoms with van der Waals surface area (Å²) in [6.07, 6.45) is 2.52. The van der Waals surface area contributed by atoms with Gasteiger partial charge in [0.25, 0.3) is 0 Å². The number of aromatic nitrogens is 1. The lowest BCUT2D eigenvalue weighted by Gasteiger charge is -1.87. The Balaban J connectivity index is 3.08. The zero-order valence-corrected chi connectivity index (χ0v) is 4.81. The molecule has 0 spiro atoms. The van der Waals surface area contributed by atoms with E-state index in [9.17, 15) is 0 Å². The smallest absolute Gasteiger partial charge is 0.125 e. The van der Waals surface area contributed by atoms with Crippen LogP contribution >= 0.6 is 11.6 Å². The highest BCUT2D eigenvalue weighted by Gasteiger charge is 1.85. The monoisotopic (exact) mass is 127 g/mol. The summed E-state index contributed by atoms with van der Waals surface area (Å²) < 4.78 is 0. The third kappa shape index (κ3) is 1.10. The van der Waals surface area contributed by atoms with Gasteiger partial charge in [0.2, 0.25) is 0 Å². The normalized spacial score (nSPS) is 9.12. The molecule has 0 bridgehead atoms. The van der Waals surface area contributed by atoms with Crippen molar-refractivity contribution < 1.29 is 0 Å². The molecule has 1 radical (unpaired) electrons. The van der Waals surface area contributed by atoms with Crippen molar-refractivity contribution in [2.75, 3.05) is 5.73 Å². The van der Waals surface area contributed by atoms with E-state index in [2.05, 4.69) is 11.2 Å². The number of pyridine rings is 1. The SMILES string of the molecule is Nc1cc(Cl)c[c]n1. The van der Waals surface area contributed by atoms with E-state index in [1.54, 1.807) is 12.1 Å². The minimum Gasteiger partial charge on any atom is -0.384 e. The summed E-state index contributed by atoms with van der Waals surface area (Å²) >= 11 is 5.49. The average Bonchev–Trinajstić information content (AvgIpc) is 1.64. The van der Waals surface area contributed by atoms with Crippen LogP contribution in [-0.4, -0.2) is 4.98 Å². The lowest BCUT2D eigenvalue weighted by molar-refractivity contribution is 1.32. The molecule has 1 aromatic rings. The summed E-state index contributed by atoms with van der Waals surface area (Å²) in [5.41, 5.74) is 5.23. The number of nitrogens with two attached hydrogens (primary N) is 1. The van der Waals surface area contributed by atoms with Gasteiger partial charge in [0.1, 0.15) is 5.82 Å². The number of nitrogen functional groups attached to an aromatic ring is 1. The van der Waals surface area contributed by atoms with E-state index in [0.717, 1.165) is 0 Å². The van der Waals surface area contributed by atoms with Gasteiger partial charge in [0, 0.05) is 5.02 Å². The zero-order chi connectivity index (χ0) is 5.98. The van der Waals surface area contributed by atoms with Gasteiger partial charge in [-0.05, 0) is 12.1 Å². The van der Waals surface area contributed by atoms with Crippen LogP contribution in [0.3, 0.4) is 0 Å². The van der Waals surface area contributed by atoms with E-state index in [1.165, 1.54) is 0 Å². The van der Waals surface area contributed by atoms with Crippen molar-refractivity contribution in [2.24, 2.45) is 0 Å². The van der Waals surface area contributed by atoms with Crippen molar-refractivity contribution in [3.8, 4) is 0 Å². The van der Waals surface area contributed by atoms with E-state index in [1.807, 2.05) is 0 Å². The van der Waals surface area contributed by atoms with Crippen LogP contribution in [0, 0.1) is 6.20 Å². The maximum absolute atomic E-state index is 5.49. The maximum atomic E-state index is 5.49. The molecule has 0 fully saturated rings. The molecule has 2 N–H and O–H groups in total. The van der Waals surface area contributed by atoms with Gasteiger partial charge < -0.3 is 5.73 Å². The minimum absolute atomic E-state index is 0.400. The second-order valence-corrected chi connectivity index (χ2v) is 1.78. The fourth-order valence-electron chi connectivity index (χ4n) is 0.384.